The summed E-state index contributed by atoms with van der Waals surface area (Å²) < 4.78 is 0. The number of allylic oxidation sites excluding steroid dienone is 1. The number of hydrogen-bond donors (Lipinski definition) is 0. The van der Waals surface area contributed by atoms with Crippen LogP contribution in [0.5, 0.6) is 0 Å². The zero-order valence-corrected chi connectivity index (χ0v) is 7.73. The summed E-state index contributed by atoms with van der Waals surface area (Å²) in [5, 5.41) is 9.91. The molecule has 0 N–H and O–H groups in total. The number of nitro groups is 1. The van der Waals surface area contributed by atoms with Crippen molar-refractivity contribution >= 4 is 0 Å². The van der Waals surface area contributed by atoms with Crippen molar-refractivity contribution in [2.24, 2.45) is 0 Å². The van der Waals surface area contributed by atoms with Gasteiger partial charge in [0.15, 0.2) is 0 Å². The highest BCUT2D eigenvalue weighted by Crippen LogP contribution is 2.00. The van der Waals surface area contributed by atoms with Gasteiger partial charge in [-0.2, -0.15) is 0 Å². The molecule has 1 aromatic rings. The minimum atomic E-state index is -0.538. The number of rotatable bonds is 1. The summed E-state index contributed by atoms with van der Waals surface area (Å²) in [6, 6.07) is 7.65. The van der Waals surface area contributed by atoms with Crippen molar-refractivity contribution in [1.82, 2.24) is 0 Å². The number of benzene rings is 1. The van der Waals surface area contributed by atoms with Gasteiger partial charge in [0.05, 0.1) is 11.0 Å². The molecule has 0 fully saturated rings. The van der Waals surface area contributed by atoms with E-state index in [0.29, 0.717) is 0 Å². The van der Waals surface area contributed by atoms with Crippen molar-refractivity contribution < 1.29 is 4.92 Å². The summed E-state index contributed by atoms with van der Waals surface area (Å²) >= 11 is 0. The van der Waals surface area contributed by atoms with Crippen molar-refractivity contribution in [3.8, 4) is 11.8 Å². The van der Waals surface area contributed by atoms with E-state index in [2.05, 4.69) is 11.8 Å². The average molecular weight is 187 g/mol. The Labute approximate surface area is 82.2 Å². The molecule has 0 radical (unpaired) electrons. The van der Waals surface area contributed by atoms with E-state index in [0.717, 1.165) is 17.3 Å². The zero-order valence-electron chi connectivity index (χ0n) is 7.73. The fraction of sp³-hybridized carbons (Fsp3) is 0.0909. The maximum atomic E-state index is 9.91. The Kier molecular flexibility index (Phi) is 3.45. The summed E-state index contributed by atoms with van der Waals surface area (Å²) in [6.07, 6.45) is 2.04. The van der Waals surface area contributed by atoms with Gasteiger partial charge in [-0.25, -0.2) is 0 Å². The molecule has 1 rings (SSSR count). The summed E-state index contributed by atoms with van der Waals surface area (Å²) in [4.78, 5) is 9.37. The highest BCUT2D eigenvalue weighted by molar-refractivity contribution is 5.37. The molecule has 0 atom stereocenters. The average Bonchev–Trinajstić information content (AvgIpc) is 2.15. The lowest BCUT2D eigenvalue weighted by atomic mass is 10.2. The third-order valence-electron chi connectivity index (χ3n) is 1.55. The predicted octanol–water partition coefficient (Wildman–Crippen LogP) is 2.14. The van der Waals surface area contributed by atoms with Gasteiger partial charge in [-0.1, -0.05) is 29.5 Å². The van der Waals surface area contributed by atoms with E-state index in [1.54, 1.807) is 0 Å². The van der Waals surface area contributed by atoms with Crippen LogP contribution in [-0.4, -0.2) is 4.92 Å². The van der Waals surface area contributed by atoms with Gasteiger partial charge >= 0.3 is 0 Å². The van der Waals surface area contributed by atoms with Crippen molar-refractivity contribution in [1.29, 1.82) is 0 Å². The first kappa shape index (κ1) is 10.0. The first-order valence-electron chi connectivity index (χ1n) is 4.07. The van der Waals surface area contributed by atoms with E-state index >= 15 is 0 Å². The predicted molar refractivity (Wildman–Crippen MR) is 54.2 cm³/mol. The van der Waals surface area contributed by atoms with Crippen LogP contribution < -0.4 is 0 Å². The molecule has 0 aliphatic heterocycles. The molecule has 3 nitrogen and oxygen atoms in total. The van der Waals surface area contributed by atoms with Crippen LogP contribution in [0.15, 0.2) is 36.5 Å². The maximum Gasteiger partial charge on any atom is 0.242 e. The molecule has 0 amide bonds. The SMILES string of the molecule is Cc1ccc(C#C/C=C/[N+](=O)[O-])cc1. The van der Waals surface area contributed by atoms with E-state index in [-0.39, 0.29) is 0 Å². The Morgan fingerprint density at radius 2 is 2.00 bits per heavy atom. The summed E-state index contributed by atoms with van der Waals surface area (Å²) in [5.41, 5.74) is 2.01. The zero-order chi connectivity index (χ0) is 10.4. The van der Waals surface area contributed by atoms with E-state index in [4.69, 9.17) is 0 Å². The smallest absolute Gasteiger partial charge is 0.242 e. The molecule has 0 unspecified atom stereocenters. The standard InChI is InChI=1S/C11H9NO2/c1-10-5-7-11(8-6-10)4-2-3-9-12(13)14/h3,5-9H,1H3/b9-3+. The largest absolute Gasteiger partial charge is 0.259 e. The van der Waals surface area contributed by atoms with Crippen molar-refractivity contribution in [3.63, 3.8) is 0 Å². The molecular formula is C11H9NO2. The fourth-order valence-corrected chi connectivity index (χ4v) is 0.860. The van der Waals surface area contributed by atoms with Crippen LogP contribution in [0.3, 0.4) is 0 Å². The van der Waals surface area contributed by atoms with E-state index in [1.165, 1.54) is 6.08 Å². The molecule has 3 heteroatoms. The molecule has 0 heterocycles. The number of aryl methyl sites for hydroxylation is 1. The van der Waals surface area contributed by atoms with Gasteiger partial charge in [0.1, 0.15) is 0 Å². The first-order chi connectivity index (χ1) is 6.68. The first-order valence-corrected chi connectivity index (χ1v) is 4.07. The van der Waals surface area contributed by atoms with Gasteiger partial charge in [0.25, 0.3) is 0 Å². The molecule has 0 aliphatic carbocycles. The highest BCUT2D eigenvalue weighted by Gasteiger charge is 1.85. The lowest BCUT2D eigenvalue weighted by molar-refractivity contribution is -0.402. The molecule has 0 aromatic heterocycles. The van der Waals surface area contributed by atoms with Gasteiger partial charge in [0.2, 0.25) is 6.20 Å². The summed E-state index contributed by atoms with van der Waals surface area (Å²) in [6.45, 7) is 1.99. The van der Waals surface area contributed by atoms with Crippen LogP contribution in [0.4, 0.5) is 0 Å². The lowest BCUT2D eigenvalue weighted by Gasteiger charge is -1.90. The normalized spacial score (nSPS) is 9.50. The van der Waals surface area contributed by atoms with Gasteiger partial charge in [0, 0.05) is 5.56 Å². The molecule has 0 saturated carbocycles. The number of nitrogens with zero attached hydrogens (tertiary/aromatic N) is 1. The molecular weight excluding hydrogens is 178 g/mol. The Morgan fingerprint density at radius 1 is 1.36 bits per heavy atom. The van der Waals surface area contributed by atoms with E-state index < -0.39 is 4.92 Å². The van der Waals surface area contributed by atoms with Gasteiger partial charge in [-0.15, -0.1) is 0 Å². The molecule has 1 aromatic carbocycles. The monoisotopic (exact) mass is 187 g/mol. The summed E-state index contributed by atoms with van der Waals surface area (Å²) in [5.74, 6) is 5.37. The summed E-state index contributed by atoms with van der Waals surface area (Å²) in [7, 11) is 0. The second-order valence-electron chi connectivity index (χ2n) is 2.74. The van der Waals surface area contributed by atoms with Crippen LogP contribution in [0.25, 0.3) is 0 Å². The van der Waals surface area contributed by atoms with Crippen LogP contribution in [0.1, 0.15) is 11.1 Å². The topological polar surface area (TPSA) is 43.1 Å². The molecule has 0 spiro atoms. The maximum absolute atomic E-state index is 9.91. The Balaban J connectivity index is 2.68. The molecule has 0 aliphatic rings. The Hall–Kier alpha value is -2.08. The minimum absolute atomic E-state index is 0.538. The van der Waals surface area contributed by atoms with Gasteiger partial charge < -0.3 is 0 Å². The van der Waals surface area contributed by atoms with Crippen LogP contribution in [-0.2, 0) is 0 Å². The third kappa shape index (κ3) is 3.55. The van der Waals surface area contributed by atoms with E-state index in [9.17, 15) is 10.1 Å². The Bertz CT molecular complexity index is 407. The Morgan fingerprint density at radius 3 is 2.57 bits per heavy atom. The highest BCUT2D eigenvalue weighted by atomic mass is 16.6. The fourth-order valence-electron chi connectivity index (χ4n) is 0.860. The van der Waals surface area contributed by atoms with Crippen molar-refractivity contribution in [2.75, 3.05) is 0 Å². The van der Waals surface area contributed by atoms with Crippen LogP contribution >= 0.6 is 0 Å². The minimum Gasteiger partial charge on any atom is -0.259 e. The second-order valence-corrected chi connectivity index (χ2v) is 2.74. The van der Waals surface area contributed by atoms with Gasteiger partial charge in [-0.05, 0) is 19.1 Å². The molecule has 70 valence electrons. The molecule has 0 saturated heterocycles. The van der Waals surface area contributed by atoms with Gasteiger partial charge in [-0.3, -0.25) is 10.1 Å². The van der Waals surface area contributed by atoms with Crippen molar-refractivity contribution in [3.05, 3.63) is 57.8 Å². The second kappa shape index (κ2) is 4.83. The number of hydrogen-bond acceptors (Lipinski definition) is 2. The lowest BCUT2D eigenvalue weighted by Crippen LogP contribution is -1.80. The quantitative estimate of drug-likeness (QED) is 0.384. The van der Waals surface area contributed by atoms with E-state index in [1.807, 2.05) is 31.2 Å². The third-order valence-corrected chi connectivity index (χ3v) is 1.55. The molecule has 0 bridgehead atoms. The van der Waals surface area contributed by atoms with Crippen molar-refractivity contribution in [2.45, 2.75) is 6.92 Å². The van der Waals surface area contributed by atoms with Crippen LogP contribution in [0, 0.1) is 28.9 Å². The molecule has 14 heavy (non-hydrogen) atoms. The van der Waals surface area contributed by atoms with Crippen LogP contribution in [0.2, 0.25) is 0 Å².